The van der Waals surface area contributed by atoms with E-state index in [9.17, 15) is 21.6 Å². The molecular formula is C14H23N3O6S2. The highest BCUT2D eigenvalue weighted by atomic mass is 32.2. The first kappa shape index (κ1) is 19.9. The van der Waals surface area contributed by atoms with Crippen molar-refractivity contribution in [3.05, 3.63) is 17.9 Å². The first-order chi connectivity index (χ1) is 11.6. The fourth-order valence-corrected chi connectivity index (χ4v) is 4.28. The Balaban J connectivity index is 1.88. The Hall–Kier alpha value is -1.43. The number of rotatable bonds is 8. The lowest BCUT2D eigenvalue weighted by molar-refractivity contribution is 0.0919. The van der Waals surface area contributed by atoms with E-state index in [4.69, 9.17) is 4.42 Å². The number of nitrogens with one attached hydrogen (secondary N) is 1. The number of carbonyl (C=O) groups is 1. The molecule has 2 heterocycles. The fraction of sp³-hybridized carbons (Fsp3) is 0.643. The predicted molar refractivity (Wildman–Crippen MR) is 91.1 cm³/mol. The van der Waals surface area contributed by atoms with Crippen LogP contribution in [0.15, 0.2) is 21.6 Å². The van der Waals surface area contributed by atoms with Crippen LogP contribution >= 0.6 is 0 Å². The fourth-order valence-electron chi connectivity index (χ4n) is 2.39. The minimum absolute atomic E-state index is 0.0887. The van der Waals surface area contributed by atoms with Crippen molar-refractivity contribution in [2.45, 2.75) is 24.4 Å². The molecule has 1 aromatic heterocycles. The normalized spacial score (nSPS) is 16.4. The molecule has 1 aromatic rings. The van der Waals surface area contributed by atoms with E-state index >= 15 is 0 Å². The molecule has 0 unspecified atom stereocenters. The van der Waals surface area contributed by atoms with Gasteiger partial charge in [0.2, 0.25) is 15.1 Å². The highest BCUT2D eigenvalue weighted by molar-refractivity contribution is 7.89. The van der Waals surface area contributed by atoms with Crippen molar-refractivity contribution in [2.24, 2.45) is 0 Å². The maximum absolute atomic E-state index is 12.3. The van der Waals surface area contributed by atoms with Gasteiger partial charge in [-0.25, -0.2) is 21.1 Å². The molecule has 0 spiro atoms. The van der Waals surface area contributed by atoms with E-state index in [0.717, 1.165) is 19.1 Å². The minimum Gasteiger partial charge on any atom is -0.438 e. The van der Waals surface area contributed by atoms with Crippen molar-refractivity contribution in [3.63, 3.8) is 0 Å². The molecule has 2 rings (SSSR count). The predicted octanol–water partition coefficient (Wildman–Crippen LogP) is 0.0754. The number of hydrogen-bond acceptors (Lipinski definition) is 6. The molecule has 1 amide bonds. The van der Waals surface area contributed by atoms with Crippen LogP contribution in [0.3, 0.4) is 0 Å². The van der Waals surface area contributed by atoms with Gasteiger partial charge in [-0.2, -0.15) is 4.31 Å². The summed E-state index contributed by atoms with van der Waals surface area (Å²) in [6, 6.07) is 2.60. The standard InChI is InChI=1S/C14H23N3O6S2/c1-16(24(2,19)20)9-5-8-15-14(18)12-6-7-13(23-12)25(21,22)17-10-3-4-11-17/h6-7H,3-5,8-11H2,1-2H3,(H,15,18). The Morgan fingerprint density at radius 2 is 1.88 bits per heavy atom. The van der Waals surface area contributed by atoms with E-state index in [1.54, 1.807) is 0 Å². The number of carbonyl (C=O) groups excluding carboxylic acids is 1. The summed E-state index contributed by atoms with van der Waals surface area (Å²) in [5, 5.41) is 2.34. The maximum Gasteiger partial charge on any atom is 0.287 e. The molecule has 1 aliphatic heterocycles. The molecule has 0 saturated carbocycles. The third-order valence-electron chi connectivity index (χ3n) is 3.97. The molecule has 11 heteroatoms. The number of nitrogens with zero attached hydrogens (tertiary/aromatic N) is 2. The van der Waals surface area contributed by atoms with Gasteiger partial charge in [-0.05, 0) is 31.4 Å². The van der Waals surface area contributed by atoms with Crippen molar-refractivity contribution in [1.29, 1.82) is 0 Å². The second-order valence-electron chi connectivity index (χ2n) is 5.92. The molecule has 142 valence electrons. The Labute approximate surface area is 148 Å². The van der Waals surface area contributed by atoms with Crippen LogP contribution < -0.4 is 5.32 Å². The molecule has 0 atom stereocenters. The molecule has 9 nitrogen and oxygen atoms in total. The number of amides is 1. The van der Waals surface area contributed by atoms with E-state index in [-0.39, 0.29) is 23.9 Å². The average molecular weight is 393 g/mol. The lowest BCUT2D eigenvalue weighted by Gasteiger charge is -2.13. The molecular weight excluding hydrogens is 370 g/mol. The molecule has 1 N–H and O–H groups in total. The highest BCUT2D eigenvalue weighted by Crippen LogP contribution is 2.22. The SMILES string of the molecule is CN(CCCNC(=O)c1ccc(S(=O)(=O)N2CCCC2)o1)S(C)(=O)=O. The summed E-state index contributed by atoms with van der Waals surface area (Å²) in [7, 11) is -5.48. The molecule has 0 bridgehead atoms. The van der Waals surface area contributed by atoms with Crippen molar-refractivity contribution in [1.82, 2.24) is 13.9 Å². The topological polar surface area (TPSA) is 117 Å². The summed E-state index contributed by atoms with van der Waals surface area (Å²) >= 11 is 0. The Kier molecular flexibility index (Phi) is 6.25. The Bertz CT molecular complexity index is 809. The number of sulfonamides is 2. The van der Waals surface area contributed by atoms with E-state index in [2.05, 4.69) is 5.32 Å². The third kappa shape index (κ3) is 5.03. The van der Waals surface area contributed by atoms with Gasteiger partial charge in [0, 0.05) is 33.2 Å². The van der Waals surface area contributed by atoms with Gasteiger partial charge in [0.15, 0.2) is 5.76 Å². The highest BCUT2D eigenvalue weighted by Gasteiger charge is 2.30. The average Bonchev–Trinajstić information content (AvgIpc) is 3.21. The zero-order chi connectivity index (χ0) is 18.7. The van der Waals surface area contributed by atoms with Gasteiger partial charge >= 0.3 is 0 Å². The zero-order valence-corrected chi connectivity index (χ0v) is 15.9. The summed E-state index contributed by atoms with van der Waals surface area (Å²) < 4.78 is 54.9. The third-order valence-corrected chi connectivity index (χ3v) is 7.05. The monoisotopic (exact) mass is 393 g/mol. The first-order valence-corrected chi connectivity index (χ1v) is 11.2. The molecule has 0 aliphatic carbocycles. The van der Waals surface area contributed by atoms with E-state index in [0.29, 0.717) is 19.5 Å². The molecule has 25 heavy (non-hydrogen) atoms. The van der Waals surface area contributed by atoms with Crippen molar-refractivity contribution in [2.75, 3.05) is 39.5 Å². The second kappa shape index (κ2) is 7.85. The van der Waals surface area contributed by atoms with Crippen LogP contribution in [-0.2, 0) is 20.0 Å². The van der Waals surface area contributed by atoms with E-state index < -0.39 is 26.0 Å². The van der Waals surface area contributed by atoms with Crippen LogP contribution in [0.2, 0.25) is 0 Å². The quantitative estimate of drug-likeness (QED) is 0.625. The van der Waals surface area contributed by atoms with Gasteiger partial charge in [0.1, 0.15) is 0 Å². The molecule has 1 fully saturated rings. The molecule has 1 saturated heterocycles. The summed E-state index contributed by atoms with van der Waals surface area (Å²) in [4.78, 5) is 12.0. The Morgan fingerprint density at radius 1 is 1.24 bits per heavy atom. The minimum atomic E-state index is -3.69. The molecule has 1 aliphatic rings. The number of furan rings is 1. The van der Waals surface area contributed by atoms with Crippen LogP contribution in [0.5, 0.6) is 0 Å². The van der Waals surface area contributed by atoms with Crippen molar-refractivity contribution in [3.8, 4) is 0 Å². The van der Waals surface area contributed by atoms with Crippen molar-refractivity contribution < 1.29 is 26.0 Å². The van der Waals surface area contributed by atoms with Crippen LogP contribution in [-0.4, -0.2) is 70.8 Å². The summed E-state index contributed by atoms with van der Waals surface area (Å²) in [6.45, 7) is 1.43. The lowest BCUT2D eigenvalue weighted by Crippen LogP contribution is -2.30. The zero-order valence-electron chi connectivity index (χ0n) is 14.3. The largest absolute Gasteiger partial charge is 0.438 e. The van der Waals surface area contributed by atoms with Gasteiger partial charge in [-0.15, -0.1) is 0 Å². The first-order valence-electron chi connectivity index (χ1n) is 7.92. The van der Waals surface area contributed by atoms with Crippen LogP contribution in [0.4, 0.5) is 0 Å². The van der Waals surface area contributed by atoms with E-state index in [1.165, 1.54) is 27.8 Å². The molecule has 0 aromatic carbocycles. The summed E-state index contributed by atoms with van der Waals surface area (Å²) in [6.07, 6.45) is 3.16. The van der Waals surface area contributed by atoms with Gasteiger partial charge in [-0.3, -0.25) is 4.79 Å². The van der Waals surface area contributed by atoms with E-state index in [1.807, 2.05) is 0 Å². The van der Waals surface area contributed by atoms with Gasteiger partial charge in [0.05, 0.1) is 6.26 Å². The summed E-state index contributed by atoms with van der Waals surface area (Å²) in [5.74, 6) is -0.626. The van der Waals surface area contributed by atoms with Crippen LogP contribution in [0, 0.1) is 0 Å². The second-order valence-corrected chi connectivity index (χ2v) is 9.88. The van der Waals surface area contributed by atoms with Crippen LogP contribution in [0.1, 0.15) is 29.8 Å². The summed E-state index contributed by atoms with van der Waals surface area (Å²) in [5.41, 5.74) is 0. The van der Waals surface area contributed by atoms with Gasteiger partial charge in [0.25, 0.3) is 15.9 Å². The smallest absolute Gasteiger partial charge is 0.287 e. The number of hydrogen-bond donors (Lipinski definition) is 1. The van der Waals surface area contributed by atoms with Gasteiger partial charge < -0.3 is 9.73 Å². The maximum atomic E-state index is 12.3. The molecule has 0 radical (unpaired) electrons. The lowest BCUT2D eigenvalue weighted by atomic mass is 10.4. The van der Waals surface area contributed by atoms with Crippen molar-refractivity contribution >= 4 is 26.0 Å². The van der Waals surface area contributed by atoms with Gasteiger partial charge in [-0.1, -0.05) is 0 Å². The Morgan fingerprint density at radius 3 is 2.48 bits per heavy atom. The van der Waals surface area contributed by atoms with Crippen LogP contribution in [0.25, 0.3) is 0 Å².